The van der Waals surface area contributed by atoms with Crippen molar-refractivity contribution >= 4 is 11.8 Å². The number of carbonyl (C=O) groups excluding carboxylic acids is 2. The molecule has 1 aliphatic rings. The van der Waals surface area contributed by atoms with Crippen LogP contribution in [0.5, 0.6) is 0 Å². The van der Waals surface area contributed by atoms with Gasteiger partial charge in [0.25, 0.3) is 5.91 Å². The molecular formula is C19H19F3N2O3. The van der Waals surface area contributed by atoms with Gasteiger partial charge in [-0.25, -0.2) is 0 Å². The van der Waals surface area contributed by atoms with E-state index in [-0.39, 0.29) is 23.0 Å². The van der Waals surface area contributed by atoms with E-state index in [1.54, 1.807) is 14.1 Å². The van der Waals surface area contributed by atoms with E-state index in [2.05, 4.69) is 0 Å². The van der Waals surface area contributed by atoms with Crippen LogP contribution in [0.1, 0.15) is 29.0 Å². The molecule has 1 fully saturated rings. The van der Waals surface area contributed by atoms with Gasteiger partial charge in [0.15, 0.2) is 5.76 Å². The van der Waals surface area contributed by atoms with Crippen molar-refractivity contribution < 1.29 is 27.2 Å². The molecule has 0 aliphatic carbocycles. The third-order valence-electron chi connectivity index (χ3n) is 4.53. The first-order valence-electron chi connectivity index (χ1n) is 8.48. The lowest BCUT2D eigenvalue weighted by Crippen LogP contribution is -2.45. The predicted molar refractivity (Wildman–Crippen MR) is 91.9 cm³/mol. The number of hydrogen-bond donors (Lipinski definition) is 0. The smallest absolute Gasteiger partial charge is 0.416 e. The second-order valence-corrected chi connectivity index (χ2v) is 6.63. The molecule has 2 amide bonds. The zero-order valence-electron chi connectivity index (χ0n) is 14.9. The zero-order valence-corrected chi connectivity index (χ0v) is 14.9. The highest BCUT2D eigenvalue weighted by Crippen LogP contribution is 2.33. The van der Waals surface area contributed by atoms with Crippen LogP contribution >= 0.6 is 0 Å². The molecule has 2 heterocycles. The molecule has 1 aromatic carbocycles. The quantitative estimate of drug-likeness (QED) is 0.817. The first-order chi connectivity index (χ1) is 12.7. The van der Waals surface area contributed by atoms with Crippen molar-refractivity contribution in [2.45, 2.75) is 25.1 Å². The van der Waals surface area contributed by atoms with Gasteiger partial charge >= 0.3 is 6.18 Å². The number of hydrogen-bond acceptors (Lipinski definition) is 3. The number of halogens is 3. The van der Waals surface area contributed by atoms with Gasteiger partial charge in [-0.1, -0.05) is 12.1 Å². The summed E-state index contributed by atoms with van der Waals surface area (Å²) in [6, 6.07) is 7.05. The van der Waals surface area contributed by atoms with Crippen molar-refractivity contribution in [1.29, 1.82) is 0 Å². The number of amides is 2. The Kier molecular flexibility index (Phi) is 4.99. The summed E-state index contributed by atoms with van der Waals surface area (Å²) < 4.78 is 44.2. The van der Waals surface area contributed by atoms with Crippen LogP contribution in [0.3, 0.4) is 0 Å². The second kappa shape index (κ2) is 7.09. The van der Waals surface area contributed by atoms with Gasteiger partial charge in [0.05, 0.1) is 5.56 Å². The largest absolute Gasteiger partial charge is 0.451 e. The molecule has 1 saturated heterocycles. The summed E-state index contributed by atoms with van der Waals surface area (Å²) in [7, 11) is 3.25. The molecular weight excluding hydrogens is 361 g/mol. The number of rotatable bonds is 3. The lowest BCUT2D eigenvalue weighted by molar-refractivity contribution is -0.137. The van der Waals surface area contributed by atoms with E-state index in [0.29, 0.717) is 19.4 Å². The van der Waals surface area contributed by atoms with Gasteiger partial charge in [-0.05, 0) is 37.1 Å². The van der Waals surface area contributed by atoms with Crippen LogP contribution in [0, 0.1) is 0 Å². The summed E-state index contributed by atoms with van der Waals surface area (Å²) in [6.07, 6.45) is -3.18. The molecule has 1 unspecified atom stereocenters. The molecule has 144 valence electrons. The SMILES string of the molecule is CN(C)C(=O)C1CCCN1C(=O)c1ccc(-c2cccc(C(F)(F)F)c2)o1. The summed E-state index contributed by atoms with van der Waals surface area (Å²) >= 11 is 0. The molecule has 8 heteroatoms. The topological polar surface area (TPSA) is 53.8 Å². The maximum atomic E-state index is 12.9. The van der Waals surface area contributed by atoms with E-state index in [1.165, 1.54) is 34.1 Å². The van der Waals surface area contributed by atoms with E-state index in [4.69, 9.17) is 4.42 Å². The second-order valence-electron chi connectivity index (χ2n) is 6.63. The molecule has 1 aromatic heterocycles. The molecule has 1 aliphatic heterocycles. The highest BCUT2D eigenvalue weighted by molar-refractivity contribution is 5.96. The van der Waals surface area contributed by atoms with E-state index >= 15 is 0 Å². The van der Waals surface area contributed by atoms with Crippen molar-refractivity contribution in [1.82, 2.24) is 9.80 Å². The number of carbonyl (C=O) groups is 2. The third kappa shape index (κ3) is 3.84. The van der Waals surface area contributed by atoms with Crippen molar-refractivity contribution in [3.05, 3.63) is 47.7 Å². The van der Waals surface area contributed by atoms with Gasteiger partial charge < -0.3 is 14.2 Å². The van der Waals surface area contributed by atoms with Crippen LogP contribution < -0.4 is 0 Å². The average Bonchev–Trinajstić information content (AvgIpc) is 3.29. The van der Waals surface area contributed by atoms with Gasteiger partial charge in [0.2, 0.25) is 5.91 Å². The lowest BCUT2D eigenvalue weighted by atomic mass is 10.1. The molecule has 5 nitrogen and oxygen atoms in total. The minimum Gasteiger partial charge on any atom is -0.451 e. The maximum Gasteiger partial charge on any atom is 0.416 e. The Balaban J connectivity index is 1.84. The zero-order chi connectivity index (χ0) is 19.8. The molecule has 2 aromatic rings. The summed E-state index contributed by atoms with van der Waals surface area (Å²) in [6.45, 7) is 0.433. The van der Waals surface area contributed by atoms with Crippen LogP contribution in [0.2, 0.25) is 0 Å². The molecule has 0 radical (unpaired) electrons. The molecule has 0 spiro atoms. The van der Waals surface area contributed by atoms with Gasteiger partial charge in [0, 0.05) is 26.2 Å². The summed E-state index contributed by atoms with van der Waals surface area (Å²) in [5, 5.41) is 0. The molecule has 27 heavy (non-hydrogen) atoms. The number of benzene rings is 1. The fraction of sp³-hybridized carbons (Fsp3) is 0.368. The first-order valence-corrected chi connectivity index (χ1v) is 8.48. The van der Waals surface area contributed by atoms with Crippen LogP contribution in [0.4, 0.5) is 13.2 Å². The van der Waals surface area contributed by atoms with Crippen molar-refractivity contribution in [2.24, 2.45) is 0 Å². The van der Waals surface area contributed by atoms with Crippen molar-refractivity contribution in [3.63, 3.8) is 0 Å². The number of furan rings is 1. The standard InChI is InChI=1S/C19H19F3N2O3/c1-23(2)17(25)14-7-4-10-24(14)18(26)16-9-8-15(27-16)12-5-3-6-13(11-12)19(20,21)22/h3,5-6,8-9,11,14H,4,7,10H2,1-2H3. The normalized spacial score (nSPS) is 17.2. The van der Waals surface area contributed by atoms with E-state index < -0.39 is 23.7 Å². The number of nitrogens with zero attached hydrogens (tertiary/aromatic N) is 2. The number of alkyl halides is 3. The molecule has 0 bridgehead atoms. The van der Waals surface area contributed by atoms with Crippen LogP contribution in [0.25, 0.3) is 11.3 Å². The number of likely N-dealkylation sites (tertiary alicyclic amines) is 1. The highest BCUT2D eigenvalue weighted by atomic mass is 19.4. The van der Waals surface area contributed by atoms with Crippen LogP contribution in [0.15, 0.2) is 40.8 Å². The highest BCUT2D eigenvalue weighted by Gasteiger charge is 2.36. The predicted octanol–water partition coefficient (Wildman–Crippen LogP) is 3.66. The van der Waals surface area contributed by atoms with Crippen LogP contribution in [-0.2, 0) is 11.0 Å². The molecule has 3 rings (SSSR count). The molecule has 0 saturated carbocycles. The Morgan fingerprint density at radius 2 is 1.93 bits per heavy atom. The Hall–Kier alpha value is -2.77. The Morgan fingerprint density at radius 3 is 2.59 bits per heavy atom. The van der Waals surface area contributed by atoms with E-state index in [9.17, 15) is 22.8 Å². The minimum absolute atomic E-state index is 0.000804. The lowest BCUT2D eigenvalue weighted by Gasteiger charge is -2.25. The maximum absolute atomic E-state index is 12.9. The summed E-state index contributed by atoms with van der Waals surface area (Å²) in [5.74, 6) is -0.434. The average molecular weight is 380 g/mol. The fourth-order valence-corrected chi connectivity index (χ4v) is 3.16. The monoisotopic (exact) mass is 380 g/mol. The van der Waals surface area contributed by atoms with Crippen molar-refractivity contribution in [3.8, 4) is 11.3 Å². The Bertz CT molecular complexity index is 858. The summed E-state index contributed by atoms with van der Waals surface area (Å²) in [5.41, 5.74) is -0.563. The van der Waals surface area contributed by atoms with E-state index in [1.807, 2.05) is 0 Å². The van der Waals surface area contributed by atoms with Gasteiger partial charge in [0.1, 0.15) is 11.8 Å². The van der Waals surface area contributed by atoms with Crippen molar-refractivity contribution in [2.75, 3.05) is 20.6 Å². The van der Waals surface area contributed by atoms with Gasteiger partial charge in [-0.2, -0.15) is 13.2 Å². The van der Waals surface area contributed by atoms with Gasteiger partial charge in [-0.3, -0.25) is 9.59 Å². The minimum atomic E-state index is -4.46. The fourth-order valence-electron chi connectivity index (χ4n) is 3.16. The Morgan fingerprint density at radius 1 is 1.19 bits per heavy atom. The molecule has 1 atom stereocenters. The van der Waals surface area contributed by atoms with Crippen LogP contribution in [-0.4, -0.2) is 48.3 Å². The number of likely N-dealkylation sites (N-methyl/N-ethyl adjacent to an activating group) is 1. The molecule has 0 N–H and O–H groups in total. The summed E-state index contributed by atoms with van der Waals surface area (Å²) in [4.78, 5) is 27.9. The third-order valence-corrected chi connectivity index (χ3v) is 4.53. The Labute approximate surface area is 154 Å². The van der Waals surface area contributed by atoms with Gasteiger partial charge in [-0.15, -0.1) is 0 Å². The van der Waals surface area contributed by atoms with E-state index in [0.717, 1.165) is 12.1 Å². The first kappa shape index (κ1) is 19.0.